The largest absolute Gasteiger partial charge is 0.337 e. The van der Waals surface area contributed by atoms with Crippen LogP contribution in [-0.2, 0) is 17.8 Å². The van der Waals surface area contributed by atoms with Gasteiger partial charge in [0.1, 0.15) is 0 Å². The predicted molar refractivity (Wildman–Crippen MR) is 107 cm³/mol. The molecule has 1 aromatic carbocycles. The van der Waals surface area contributed by atoms with E-state index in [0.29, 0.717) is 31.4 Å². The second kappa shape index (κ2) is 8.23. The number of benzene rings is 1. The minimum Gasteiger partial charge on any atom is -0.337 e. The van der Waals surface area contributed by atoms with Gasteiger partial charge in [-0.2, -0.15) is 0 Å². The predicted octanol–water partition coefficient (Wildman–Crippen LogP) is 1.49. The van der Waals surface area contributed by atoms with E-state index >= 15 is 0 Å². The van der Waals surface area contributed by atoms with Crippen molar-refractivity contribution in [3.63, 3.8) is 0 Å². The van der Waals surface area contributed by atoms with Crippen LogP contribution in [0.4, 0.5) is 0 Å². The number of carbonyl (C=O) groups is 1. The van der Waals surface area contributed by atoms with Gasteiger partial charge in [0.2, 0.25) is 5.91 Å². The summed E-state index contributed by atoms with van der Waals surface area (Å²) in [6, 6.07) is 7.65. The van der Waals surface area contributed by atoms with Crippen LogP contribution in [0.2, 0.25) is 0 Å². The van der Waals surface area contributed by atoms with Gasteiger partial charge in [-0.1, -0.05) is 24.6 Å². The van der Waals surface area contributed by atoms with E-state index in [1.165, 1.54) is 32.4 Å². The summed E-state index contributed by atoms with van der Waals surface area (Å²) in [5.74, 6) is 0.134. The molecule has 1 aromatic heterocycles. The second-order valence-electron chi connectivity index (χ2n) is 7.60. The van der Waals surface area contributed by atoms with E-state index in [1.807, 2.05) is 29.2 Å². The number of piperidine rings is 1. The summed E-state index contributed by atoms with van der Waals surface area (Å²) in [6.45, 7) is 5.85. The Labute approximate surface area is 159 Å². The molecule has 2 aliphatic rings. The molecule has 27 heavy (non-hydrogen) atoms. The van der Waals surface area contributed by atoms with Crippen molar-refractivity contribution in [1.82, 2.24) is 20.1 Å². The Balaban J connectivity index is 1.35. The van der Waals surface area contributed by atoms with Crippen LogP contribution in [0.15, 0.2) is 29.1 Å². The average molecular weight is 368 g/mol. The van der Waals surface area contributed by atoms with Crippen molar-refractivity contribution in [2.45, 2.75) is 32.2 Å². The molecule has 0 spiro atoms. The summed E-state index contributed by atoms with van der Waals surface area (Å²) in [4.78, 5) is 32.2. The van der Waals surface area contributed by atoms with Gasteiger partial charge in [-0.3, -0.25) is 9.59 Å². The highest BCUT2D eigenvalue weighted by atomic mass is 16.2. The van der Waals surface area contributed by atoms with Gasteiger partial charge in [0.25, 0.3) is 5.56 Å². The van der Waals surface area contributed by atoms with Gasteiger partial charge in [-0.25, -0.2) is 0 Å². The van der Waals surface area contributed by atoms with Crippen molar-refractivity contribution in [2.24, 2.45) is 0 Å². The van der Waals surface area contributed by atoms with Gasteiger partial charge < -0.3 is 20.1 Å². The fourth-order valence-electron chi connectivity index (χ4n) is 4.24. The number of aromatic amines is 1. The summed E-state index contributed by atoms with van der Waals surface area (Å²) >= 11 is 0. The van der Waals surface area contributed by atoms with Crippen LogP contribution in [0.3, 0.4) is 0 Å². The van der Waals surface area contributed by atoms with Crippen LogP contribution in [0.5, 0.6) is 0 Å². The quantitative estimate of drug-likeness (QED) is 0.785. The minimum absolute atomic E-state index is 0.0384. The van der Waals surface area contributed by atoms with Crippen molar-refractivity contribution in [1.29, 1.82) is 0 Å². The zero-order valence-electron chi connectivity index (χ0n) is 15.8. The third-order valence-corrected chi connectivity index (χ3v) is 5.79. The lowest BCUT2D eigenvalue weighted by atomic mass is 9.99. The van der Waals surface area contributed by atoms with Crippen molar-refractivity contribution in [2.75, 3.05) is 39.3 Å². The molecule has 1 amide bonds. The molecule has 1 saturated heterocycles. The van der Waals surface area contributed by atoms with Crippen molar-refractivity contribution in [3.8, 4) is 0 Å². The molecule has 0 aliphatic carbocycles. The first-order valence-corrected chi connectivity index (χ1v) is 10.1. The third-order valence-electron chi connectivity index (χ3n) is 5.79. The molecule has 6 nitrogen and oxygen atoms in total. The molecule has 4 rings (SSSR count). The SMILES string of the molecule is O=C(CNCCN1CCCCC1)N1CCc2[nH]c(=O)c3ccccc3c2C1. The maximum atomic E-state index is 12.6. The fraction of sp³-hybridized carbons (Fsp3) is 0.524. The maximum absolute atomic E-state index is 12.6. The fourth-order valence-corrected chi connectivity index (χ4v) is 4.24. The molecule has 0 unspecified atom stereocenters. The van der Waals surface area contributed by atoms with Gasteiger partial charge in [0.05, 0.1) is 6.54 Å². The summed E-state index contributed by atoms with van der Waals surface area (Å²) < 4.78 is 0. The summed E-state index contributed by atoms with van der Waals surface area (Å²) in [7, 11) is 0. The van der Waals surface area contributed by atoms with Gasteiger partial charge in [-0.05, 0) is 42.9 Å². The van der Waals surface area contributed by atoms with Gasteiger partial charge in [-0.15, -0.1) is 0 Å². The summed E-state index contributed by atoms with van der Waals surface area (Å²) in [5, 5.41) is 4.97. The number of hydrogen-bond donors (Lipinski definition) is 2. The third kappa shape index (κ3) is 4.06. The number of carbonyl (C=O) groups excluding carboxylic acids is 1. The first-order valence-electron chi connectivity index (χ1n) is 10.1. The number of amides is 1. The van der Waals surface area contributed by atoms with Crippen molar-refractivity contribution in [3.05, 3.63) is 45.9 Å². The highest BCUT2D eigenvalue weighted by molar-refractivity contribution is 5.86. The number of hydrogen-bond acceptors (Lipinski definition) is 4. The number of aromatic nitrogens is 1. The number of H-pyrrole nitrogens is 1. The number of fused-ring (bicyclic) bond motifs is 3. The lowest BCUT2D eigenvalue weighted by molar-refractivity contribution is -0.131. The Bertz CT molecular complexity index is 870. The number of nitrogens with zero attached hydrogens (tertiary/aromatic N) is 2. The molecule has 0 atom stereocenters. The molecule has 2 N–H and O–H groups in total. The highest BCUT2D eigenvalue weighted by Gasteiger charge is 2.23. The van der Waals surface area contributed by atoms with E-state index in [4.69, 9.17) is 0 Å². The van der Waals surface area contributed by atoms with Crippen LogP contribution < -0.4 is 10.9 Å². The number of nitrogens with one attached hydrogen (secondary N) is 2. The average Bonchev–Trinajstić information content (AvgIpc) is 2.72. The molecular formula is C21H28N4O2. The van der Waals surface area contributed by atoms with Crippen molar-refractivity contribution >= 4 is 16.7 Å². The number of likely N-dealkylation sites (tertiary alicyclic amines) is 1. The van der Waals surface area contributed by atoms with Gasteiger partial charge >= 0.3 is 0 Å². The number of rotatable bonds is 5. The monoisotopic (exact) mass is 368 g/mol. The van der Waals surface area contributed by atoms with E-state index < -0.39 is 0 Å². The van der Waals surface area contributed by atoms with Crippen LogP contribution in [0, 0.1) is 0 Å². The van der Waals surface area contributed by atoms with Crippen LogP contribution >= 0.6 is 0 Å². The van der Waals surface area contributed by atoms with E-state index in [0.717, 1.165) is 29.7 Å². The molecule has 2 aromatic rings. The van der Waals surface area contributed by atoms with E-state index in [1.54, 1.807) is 0 Å². The summed E-state index contributed by atoms with van der Waals surface area (Å²) in [5.41, 5.74) is 2.02. The standard InChI is InChI=1S/C21H28N4O2/c26-20(14-22-9-13-24-10-4-1-5-11-24)25-12-8-19-18(15-25)16-6-2-3-7-17(16)21(27)23-19/h2-3,6-7,22H,1,4-5,8-15H2,(H,23,27). The molecule has 0 bridgehead atoms. The first-order chi connectivity index (χ1) is 13.2. The molecule has 0 saturated carbocycles. The Morgan fingerprint density at radius 3 is 2.67 bits per heavy atom. The van der Waals surface area contributed by atoms with Gasteiger partial charge in [0, 0.05) is 43.7 Å². The van der Waals surface area contributed by atoms with Crippen LogP contribution in [-0.4, -0.2) is 60.0 Å². The topological polar surface area (TPSA) is 68.4 Å². The molecule has 2 aliphatic heterocycles. The molecule has 3 heterocycles. The second-order valence-corrected chi connectivity index (χ2v) is 7.60. The van der Waals surface area contributed by atoms with Crippen LogP contribution in [0.25, 0.3) is 10.8 Å². The molecule has 0 radical (unpaired) electrons. The Morgan fingerprint density at radius 2 is 1.85 bits per heavy atom. The normalized spacial score (nSPS) is 17.9. The molecule has 6 heteroatoms. The summed E-state index contributed by atoms with van der Waals surface area (Å²) in [6.07, 6.45) is 4.64. The first kappa shape index (κ1) is 18.2. The lowest BCUT2D eigenvalue weighted by Gasteiger charge is -2.30. The maximum Gasteiger partial charge on any atom is 0.256 e. The Hall–Kier alpha value is -2.18. The number of pyridine rings is 1. The van der Waals surface area contributed by atoms with Gasteiger partial charge in [0.15, 0.2) is 0 Å². The minimum atomic E-state index is -0.0384. The highest BCUT2D eigenvalue weighted by Crippen LogP contribution is 2.23. The Kier molecular flexibility index (Phi) is 5.55. The van der Waals surface area contributed by atoms with E-state index in [2.05, 4.69) is 15.2 Å². The van der Waals surface area contributed by atoms with Crippen LogP contribution in [0.1, 0.15) is 30.5 Å². The molecule has 1 fully saturated rings. The smallest absolute Gasteiger partial charge is 0.256 e. The van der Waals surface area contributed by atoms with Crippen molar-refractivity contribution < 1.29 is 4.79 Å². The zero-order chi connectivity index (χ0) is 18.6. The Morgan fingerprint density at radius 1 is 1.07 bits per heavy atom. The molecule has 144 valence electrons. The van der Waals surface area contributed by atoms with E-state index in [9.17, 15) is 9.59 Å². The van der Waals surface area contributed by atoms with E-state index in [-0.39, 0.29) is 11.5 Å². The zero-order valence-corrected chi connectivity index (χ0v) is 15.8. The molecular weight excluding hydrogens is 340 g/mol. The lowest BCUT2D eigenvalue weighted by Crippen LogP contribution is -2.43.